The monoisotopic (exact) mass is 93.0 g/mol. The smallest absolute Gasteiger partial charge is 0.121 e. The Kier molecular flexibility index (Phi) is 0.991. The summed E-state index contributed by atoms with van der Waals surface area (Å²) >= 11 is 0. The van der Waals surface area contributed by atoms with E-state index in [1.54, 1.807) is 12.6 Å². The summed E-state index contributed by atoms with van der Waals surface area (Å²) in [4.78, 5) is 0. The molecule has 1 unspecified atom stereocenters. The van der Waals surface area contributed by atoms with Gasteiger partial charge in [0.15, 0.2) is 0 Å². The first-order valence-electron chi connectivity index (χ1n) is 2.09. The Morgan fingerprint density at radius 2 is 2.57 bits per heavy atom. The van der Waals surface area contributed by atoms with Crippen molar-refractivity contribution >= 4 is 0 Å². The molecule has 0 aromatic carbocycles. The van der Waals surface area contributed by atoms with Gasteiger partial charge in [0.25, 0.3) is 0 Å². The molecular formula is C5H5N2. The molecule has 7 heavy (non-hydrogen) atoms. The van der Waals surface area contributed by atoms with Crippen LogP contribution in [0.25, 0.3) is 0 Å². The Morgan fingerprint density at radius 1 is 1.71 bits per heavy atom. The van der Waals surface area contributed by atoms with Crippen LogP contribution in [0, 0.1) is 17.8 Å². The molecular weight excluding hydrogens is 88.1 g/mol. The molecule has 2 heteroatoms. The first-order valence-corrected chi connectivity index (χ1v) is 2.09. The van der Waals surface area contributed by atoms with Gasteiger partial charge in [-0.25, -0.2) is 0 Å². The highest BCUT2D eigenvalue weighted by molar-refractivity contribution is 5.17. The average Bonchev–Trinajstić information content (AvgIpc) is 2.14. The summed E-state index contributed by atoms with van der Waals surface area (Å²) in [6.45, 7) is 0. The lowest BCUT2D eigenvalue weighted by Crippen LogP contribution is -2.15. The van der Waals surface area contributed by atoms with Gasteiger partial charge < -0.3 is 5.32 Å². The van der Waals surface area contributed by atoms with Crippen LogP contribution >= 0.6 is 0 Å². The second-order valence-electron chi connectivity index (χ2n) is 1.33. The van der Waals surface area contributed by atoms with Crippen molar-refractivity contribution in [3.05, 3.63) is 18.7 Å². The highest BCUT2D eigenvalue weighted by atomic mass is 14.9. The largest absolute Gasteiger partial charge is 0.376 e. The quantitative estimate of drug-likeness (QED) is 0.464. The van der Waals surface area contributed by atoms with Crippen LogP contribution < -0.4 is 5.32 Å². The second kappa shape index (κ2) is 1.65. The molecule has 0 aliphatic carbocycles. The molecule has 1 atom stereocenters. The number of hydrogen-bond donors (Lipinski definition) is 1. The van der Waals surface area contributed by atoms with Gasteiger partial charge in [-0.15, -0.1) is 0 Å². The van der Waals surface area contributed by atoms with Crippen LogP contribution in [0.1, 0.15) is 0 Å². The van der Waals surface area contributed by atoms with Gasteiger partial charge in [0.2, 0.25) is 0 Å². The Hall–Kier alpha value is -0.970. The van der Waals surface area contributed by atoms with Gasteiger partial charge >= 0.3 is 0 Å². The zero-order chi connectivity index (χ0) is 5.11. The molecule has 1 heterocycles. The van der Waals surface area contributed by atoms with Crippen molar-refractivity contribution < 1.29 is 0 Å². The van der Waals surface area contributed by atoms with Crippen molar-refractivity contribution in [3.63, 3.8) is 0 Å². The topological polar surface area (TPSA) is 35.8 Å². The zero-order valence-electron chi connectivity index (χ0n) is 3.76. The van der Waals surface area contributed by atoms with Gasteiger partial charge in [-0.05, 0) is 6.20 Å². The number of nitrogens with zero attached hydrogens (tertiary/aromatic N) is 1. The van der Waals surface area contributed by atoms with Crippen LogP contribution in [0.3, 0.4) is 0 Å². The third kappa shape index (κ3) is 0.716. The van der Waals surface area contributed by atoms with E-state index in [1.807, 2.05) is 12.1 Å². The van der Waals surface area contributed by atoms with E-state index in [2.05, 4.69) is 5.32 Å². The number of nitriles is 1. The normalized spacial score (nSPS) is 26.4. The molecule has 2 nitrogen and oxygen atoms in total. The highest BCUT2D eigenvalue weighted by Crippen LogP contribution is 1.95. The van der Waals surface area contributed by atoms with Gasteiger partial charge in [0.05, 0.1) is 6.07 Å². The lowest BCUT2D eigenvalue weighted by Gasteiger charge is -1.93. The summed E-state index contributed by atoms with van der Waals surface area (Å²) < 4.78 is 0. The molecule has 1 rings (SSSR count). The first-order chi connectivity index (χ1) is 3.43. The van der Waals surface area contributed by atoms with Gasteiger partial charge in [-0.1, -0.05) is 6.08 Å². The number of hydrogen-bond acceptors (Lipinski definition) is 2. The Bertz CT molecular complexity index is 113. The first kappa shape index (κ1) is 4.20. The molecule has 0 fully saturated rings. The Labute approximate surface area is 42.4 Å². The van der Waals surface area contributed by atoms with Gasteiger partial charge in [-0.2, -0.15) is 5.26 Å². The van der Waals surface area contributed by atoms with Gasteiger partial charge in [0.1, 0.15) is 6.04 Å². The van der Waals surface area contributed by atoms with E-state index in [0.717, 1.165) is 0 Å². The highest BCUT2D eigenvalue weighted by Gasteiger charge is 2.04. The molecule has 0 spiro atoms. The van der Waals surface area contributed by atoms with Crippen LogP contribution in [0.15, 0.2) is 12.3 Å². The SMILES string of the molecule is N#CC1[CH]C=CN1. The predicted molar refractivity (Wildman–Crippen MR) is 26.0 cm³/mol. The maximum Gasteiger partial charge on any atom is 0.121 e. The molecule has 1 aliphatic rings. The molecule has 0 bridgehead atoms. The van der Waals surface area contributed by atoms with Crippen LogP contribution in [-0.2, 0) is 0 Å². The molecule has 1 radical (unpaired) electrons. The molecule has 0 saturated heterocycles. The molecule has 0 amide bonds. The van der Waals surface area contributed by atoms with E-state index in [4.69, 9.17) is 5.26 Å². The van der Waals surface area contributed by atoms with Crippen molar-refractivity contribution in [1.29, 1.82) is 5.26 Å². The van der Waals surface area contributed by atoms with Crippen LogP contribution in [-0.4, -0.2) is 6.04 Å². The van der Waals surface area contributed by atoms with E-state index in [1.165, 1.54) is 0 Å². The van der Waals surface area contributed by atoms with Crippen molar-refractivity contribution in [2.75, 3.05) is 0 Å². The Morgan fingerprint density at radius 3 is 2.86 bits per heavy atom. The van der Waals surface area contributed by atoms with Gasteiger partial charge in [-0.3, -0.25) is 0 Å². The molecule has 1 aliphatic heterocycles. The second-order valence-corrected chi connectivity index (χ2v) is 1.33. The molecule has 1 N–H and O–H groups in total. The van der Waals surface area contributed by atoms with E-state index in [0.29, 0.717) is 0 Å². The minimum Gasteiger partial charge on any atom is -0.376 e. The maximum absolute atomic E-state index is 8.18. The summed E-state index contributed by atoms with van der Waals surface area (Å²) in [5.41, 5.74) is 0. The maximum atomic E-state index is 8.18. The molecule has 0 aromatic heterocycles. The minimum atomic E-state index is -0.0833. The fourth-order valence-corrected chi connectivity index (χ4v) is 0.462. The lowest BCUT2D eigenvalue weighted by atomic mass is 10.3. The predicted octanol–water partition coefficient (Wildman–Crippen LogP) is 0.200. The zero-order valence-corrected chi connectivity index (χ0v) is 3.76. The summed E-state index contributed by atoms with van der Waals surface area (Å²) in [5.74, 6) is 0. The van der Waals surface area contributed by atoms with Crippen LogP contribution in [0.5, 0.6) is 0 Å². The summed E-state index contributed by atoms with van der Waals surface area (Å²) in [5, 5.41) is 11.0. The molecule has 35 valence electrons. The third-order valence-corrected chi connectivity index (χ3v) is 0.815. The Balaban J connectivity index is 2.39. The van der Waals surface area contributed by atoms with Crippen LogP contribution in [0.2, 0.25) is 0 Å². The van der Waals surface area contributed by atoms with Crippen molar-refractivity contribution in [3.8, 4) is 6.07 Å². The summed E-state index contributed by atoms with van der Waals surface area (Å²) in [6, 6.07) is 1.95. The molecule has 0 aromatic rings. The summed E-state index contributed by atoms with van der Waals surface area (Å²) in [6.07, 6.45) is 5.39. The van der Waals surface area contributed by atoms with E-state index in [-0.39, 0.29) is 6.04 Å². The standard InChI is InChI=1S/C5H5N2/c6-4-5-2-1-3-7-5/h1-3,5,7H. The molecule has 0 saturated carbocycles. The van der Waals surface area contributed by atoms with Crippen molar-refractivity contribution in [2.24, 2.45) is 0 Å². The van der Waals surface area contributed by atoms with Gasteiger partial charge in [0, 0.05) is 6.42 Å². The average molecular weight is 93.1 g/mol. The van der Waals surface area contributed by atoms with Crippen LogP contribution in [0.4, 0.5) is 0 Å². The number of nitrogens with one attached hydrogen (secondary N) is 1. The van der Waals surface area contributed by atoms with E-state index < -0.39 is 0 Å². The third-order valence-electron chi connectivity index (χ3n) is 0.815. The lowest BCUT2D eigenvalue weighted by molar-refractivity contribution is 0.859. The fraction of sp³-hybridized carbons (Fsp3) is 0.200. The summed E-state index contributed by atoms with van der Waals surface area (Å²) in [7, 11) is 0. The van der Waals surface area contributed by atoms with Crippen molar-refractivity contribution in [2.45, 2.75) is 6.04 Å². The van der Waals surface area contributed by atoms with E-state index in [9.17, 15) is 0 Å². The fourth-order valence-electron chi connectivity index (χ4n) is 0.462. The van der Waals surface area contributed by atoms with E-state index >= 15 is 0 Å². The number of rotatable bonds is 0. The van der Waals surface area contributed by atoms with Crippen molar-refractivity contribution in [1.82, 2.24) is 5.32 Å². The minimum absolute atomic E-state index is 0.0833.